The third kappa shape index (κ3) is 5.35. The van der Waals surface area contributed by atoms with Gasteiger partial charge in [0.05, 0.1) is 10.2 Å². The number of aromatic nitrogens is 1. The van der Waals surface area contributed by atoms with Gasteiger partial charge >= 0.3 is 0 Å². The maximum Gasteiger partial charge on any atom is 0.186 e. The van der Waals surface area contributed by atoms with Gasteiger partial charge in [-0.1, -0.05) is 46.7 Å². The second kappa shape index (κ2) is 9.24. The summed E-state index contributed by atoms with van der Waals surface area (Å²) >= 11 is 13.8. The van der Waals surface area contributed by atoms with E-state index >= 15 is 0 Å². The van der Waals surface area contributed by atoms with E-state index in [9.17, 15) is 0 Å². The Morgan fingerprint density at radius 1 is 1.19 bits per heavy atom. The number of benzene rings is 2. The monoisotopic (exact) mass is 421 g/mol. The van der Waals surface area contributed by atoms with Gasteiger partial charge in [0.2, 0.25) is 0 Å². The maximum atomic E-state index is 6.10. The molecule has 0 saturated carbocycles. The number of thiazole rings is 1. The van der Waals surface area contributed by atoms with Crippen molar-refractivity contribution in [3.8, 4) is 0 Å². The van der Waals surface area contributed by atoms with Crippen LogP contribution in [-0.2, 0) is 12.4 Å². The van der Waals surface area contributed by atoms with Crippen molar-refractivity contribution in [2.24, 2.45) is 0 Å². The second-order valence-electron chi connectivity index (χ2n) is 6.89. The molecule has 0 aliphatic rings. The zero-order valence-electron chi connectivity index (χ0n) is 15.9. The number of nitrogens with one attached hydrogen (secondary N) is 1. The van der Waals surface area contributed by atoms with Crippen LogP contribution in [0.5, 0.6) is 0 Å². The number of alkyl halides is 1. The van der Waals surface area contributed by atoms with E-state index in [1.54, 1.807) is 11.3 Å². The molecule has 0 aliphatic heterocycles. The lowest BCUT2D eigenvalue weighted by molar-refractivity contribution is 0.537. The van der Waals surface area contributed by atoms with E-state index < -0.39 is 0 Å². The molecule has 3 rings (SSSR count). The van der Waals surface area contributed by atoms with Crippen molar-refractivity contribution in [2.75, 3.05) is 18.0 Å². The molecule has 6 heteroatoms. The Kier molecular flexibility index (Phi) is 6.99. The van der Waals surface area contributed by atoms with E-state index in [0.717, 1.165) is 40.0 Å². The Morgan fingerprint density at radius 3 is 2.70 bits per heavy atom. The average Bonchev–Trinajstić information content (AvgIpc) is 3.06. The molecule has 0 fully saturated rings. The van der Waals surface area contributed by atoms with E-state index in [0.29, 0.717) is 11.9 Å². The summed E-state index contributed by atoms with van der Waals surface area (Å²) in [6, 6.07) is 12.7. The molecule has 1 heterocycles. The van der Waals surface area contributed by atoms with Gasteiger partial charge < -0.3 is 10.2 Å². The van der Waals surface area contributed by atoms with Gasteiger partial charge in [-0.2, -0.15) is 0 Å². The minimum absolute atomic E-state index is 0.334. The minimum Gasteiger partial charge on any atom is -0.347 e. The molecule has 0 amide bonds. The molecule has 0 spiro atoms. The highest BCUT2D eigenvalue weighted by Crippen LogP contribution is 2.30. The SMILES string of the molecule is CCN(C[C@H](C)NCc1cc(C)cc(CCl)c1)c1nc2ccc(Cl)cc2s1. The van der Waals surface area contributed by atoms with Crippen LogP contribution in [0.4, 0.5) is 5.13 Å². The van der Waals surface area contributed by atoms with E-state index in [1.807, 2.05) is 18.2 Å². The Balaban J connectivity index is 1.64. The van der Waals surface area contributed by atoms with Crippen molar-refractivity contribution < 1.29 is 0 Å². The van der Waals surface area contributed by atoms with Crippen molar-refractivity contribution >= 4 is 49.9 Å². The van der Waals surface area contributed by atoms with Gasteiger partial charge in [-0.25, -0.2) is 4.98 Å². The van der Waals surface area contributed by atoms with Crippen LogP contribution in [0.1, 0.15) is 30.5 Å². The van der Waals surface area contributed by atoms with Crippen molar-refractivity contribution in [1.82, 2.24) is 10.3 Å². The van der Waals surface area contributed by atoms with Crippen LogP contribution in [0, 0.1) is 6.92 Å². The molecule has 0 saturated heterocycles. The molecule has 1 N–H and O–H groups in total. The van der Waals surface area contributed by atoms with E-state index in [-0.39, 0.29) is 0 Å². The quantitative estimate of drug-likeness (QED) is 0.451. The molecule has 0 unspecified atom stereocenters. The first-order valence-electron chi connectivity index (χ1n) is 9.18. The lowest BCUT2D eigenvalue weighted by atomic mass is 10.1. The Morgan fingerprint density at radius 2 is 1.96 bits per heavy atom. The summed E-state index contributed by atoms with van der Waals surface area (Å²) in [5, 5.41) is 5.43. The highest BCUT2D eigenvalue weighted by Gasteiger charge is 2.14. The minimum atomic E-state index is 0.334. The summed E-state index contributed by atoms with van der Waals surface area (Å²) in [4.78, 5) is 7.09. The fourth-order valence-corrected chi connectivity index (χ4v) is 4.65. The van der Waals surface area contributed by atoms with E-state index in [4.69, 9.17) is 28.2 Å². The third-order valence-corrected chi connectivity index (χ3v) is 6.11. The topological polar surface area (TPSA) is 28.2 Å². The Labute approximate surface area is 175 Å². The molecular formula is C21H25Cl2N3S. The van der Waals surface area contributed by atoms with Gasteiger partial charge in [0.25, 0.3) is 0 Å². The van der Waals surface area contributed by atoms with Crippen LogP contribution in [0.15, 0.2) is 36.4 Å². The lowest BCUT2D eigenvalue weighted by Crippen LogP contribution is -2.39. The molecule has 3 nitrogen and oxygen atoms in total. The van der Waals surface area contributed by atoms with Crippen molar-refractivity contribution in [3.05, 3.63) is 58.1 Å². The number of likely N-dealkylation sites (N-methyl/N-ethyl adjacent to an activating group) is 1. The van der Waals surface area contributed by atoms with Gasteiger partial charge in [0.15, 0.2) is 5.13 Å². The molecule has 0 radical (unpaired) electrons. The van der Waals surface area contributed by atoms with Crippen LogP contribution in [-0.4, -0.2) is 24.1 Å². The number of halogens is 2. The number of aryl methyl sites for hydroxylation is 1. The molecule has 0 bridgehead atoms. The molecule has 1 atom stereocenters. The summed E-state index contributed by atoms with van der Waals surface area (Å²) in [7, 11) is 0. The number of nitrogens with zero attached hydrogens (tertiary/aromatic N) is 2. The average molecular weight is 422 g/mol. The summed E-state index contributed by atoms with van der Waals surface area (Å²) in [5.41, 5.74) is 4.70. The van der Waals surface area contributed by atoms with Crippen LogP contribution in [0.25, 0.3) is 10.2 Å². The smallest absolute Gasteiger partial charge is 0.186 e. The van der Waals surface area contributed by atoms with Gasteiger partial charge in [-0.15, -0.1) is 11.6 Å². The van der Waals surface area contributed by atoms with E-state index in [1.165, 1.54) is 16.7 Å². The van der Waals surface area contributed by atoms with Crippen LogP contribution < -0.4 is 10.2 Å². The number of hydrogen-bond acceptors (Lipinski definition) is 4. The first-order chi connectivity index (χ1) is 13.0. The number of fused-ring (bicyclic) bond motifs is 1. The van der Waals surface area contributed by atoms with Gasteiger partial charge in [0, 0.05) is 36.6 Å². The predicted molar refractivity (Wildman–Crippen MR) is 120 cm³/mol. The third-order valence-electron chi connectivity index (χ3n) is 4.49. The van der Waals surface area contributed by atoms with Crippen LogP contribution in [0.3, 0.4) is 0 Å². The first-order valence-corrected chi connectivity index (χ1v) is 10.9. The van der Waals surface area contributed by atoms with Gasteiger partial charge in [-0.3, -0.25) is 0 Å². The normalized spacial score (nSPS) is 12.5. The zero-order valence-corrected chi connectivity index (χ0v) is 18.3. The van der Waals surface area contributed by atoms with Gasteiger partial charge in [0.1, 0.15) is 0 Å². The van der Waals surface area contributed by atoms with Crippen molar-refractivity contribution in [1.29, 1.82) is 0 Å². The predicted octanol–water partition coefficient (Wildman–Crippen LogP) is 6.00. The molecule has 3 aromatic rings. The van der Waals surface area contributed by atoms with E-state index in [2.05, 4.69) is 49.2 Å². The lowest BCUT2D eigenvalue weighted by Gasteiger charge is -2.24. The second-order valence-corrected chi connectivity index (χ2v) is 8.60. The highest BCUT2D eigenvalue weighted by molar-refractivity contribution is 7.22. The molecule has 2 aromatic carbocycles. The van der Waals surface area contributed by atoms with Crippen LogP contribution in [0.2, 0.25) is 5.02 Å². The Hall–Kier alpha value is -1.33. The van der Waals surface area contributed by atoms with Gasteiger partial charge in [-0.05, 0) is 50.1 Å². The molecule has 1 aromatic heterocycles. The molecule has 0 aliphatic carbocycles. The number of rotatable bonds is 8. The number of hydrogen-bond donors (Lipinski definition) is 1. The fourth-order valence-electron chi connectivity index (χ4n) is 3.18. The molecule has 144 valence electrons. The largest absolute Gasteiger partial charge is 0.347 e. The fraction of sp³-hybridized carbons (Fsp3) is 0.381. The summed E-state index contributed by atoms with van der Waals surface area (Å²) in [6.45, 7) is 9.14. The first kappa shape index (κ1) is 20.4. The summed E-state index contributed by atoms with van der Waals surface area (Å²) in [6.07, 6.45) is 0. The molecular weight excluding hydrogens is 397 g/mol. The summed E-state index contributed by atoms with van der Waals surface area (Å²) < 4.78 is 1.13. The number of anilines is 1. The molecule has 27 heavy (non-hydrogen) atoms. The maximum absolute atomic E-state index is 6.10. The zero-order chi connectivity index (χ0) is 19.4. The summed E-state index contributed by atoms with van der Waals surface area (Å²) in [5.74, 6) is 0.551. The Bertz CT molecular complexity index is 910. The van der Waals surface area contributed by atoms with Crippen LogP contribution >= 0.6 is 34.5 Å². The standard InChI is InChI=1S/C21H25Cl2N3S/c1-4-26(21-25-19-6-5-18(23)10-20(19)27-21)13-15(3)24-12-17-8-14(2)7-16(9-17)11-22/h5-10,15,24H,4,11-13H2,1-3H3/t15-/m0/s1. The van der Waals surface area contributed by atoms with Crippen molar-refractivity contribution in [3.63, 3.8) is 0 Å². The van der Waals surface area contributed by atoms with Crippen molar-refractivity contribution in [2.45, 2.75) is 39.2 Å². The highest BCUT2D eigenvalue weighted by atomic mass is 35.5.